The molecule has 0 bridgehead atoms. The third-order valence-corrected chi connectivity index (χ3v) is 2.56. The highest BCUT2D eigenvalue weighted by Gasteiger charge is 2.09. The number of nitriles is 3. The Hall–Kier alpha value is -3.30. The fraction of sp³-hybridized carbons (Fsp3) is 0.143. The standard InChI is InChI=1S/C14H11N5O/c1-9-5-10(14(20)18-2)3-4-12(9)19-13(8-17)11(6-15)7-16/h3-5,19H,1-2H3,(H,18,20). The van der Waals surface area contributed by atoms with Crippen molar-refractivity contribution in [3.05, 3.63) is 40.6 Å². The van der Waals surface area contributed by atoms with Gasteiger partial charge in [-0.3, -0.25) is 4.79 Å². The van der Waals surface area contributed by atoms with E-state index in [1.807, 2.05) is 0 Å². The van der Waals surface area contributed by atoms with E-state index in [4.69, 9.17) is 15.8 Å². The van der Waals surface area contributed by atoms with Crippen molar-refractivity contribution < 1.29 is 4.79 Å². The van der Waals surface area contributed by atoms with E-state index in [0.29, 0.717) is 16.8 Å². The van der Waals surface area contributed by atoms with Crippen molar-refractivity contribution in [3.8, 4) is 18.2 Å². The lowest BCUT2D eigenvalue weighted by atomic mass is 10.1. The number of anilines is 1. The molecule has 0 aliphatic heterocycles. The molecule has 1 amide bonds. The lowest BCUT2D eigenvalue weighted by molar-refractivity contribution is 0.0963. The second kappa shape index (κ2) is 6.58. The van der Waals surface area contributed by atoms with Gasteiger partial charge >= 0.3 is 0 Å². The zero-order valence-electron chi connectivity index (χ0n) is 11.0. The van der Waals surface area contributed by atoms with Crippen LogP contribution in [0, 0.1) is 40.9 Å². The maximum absolute atomic E-state index is 11.5. The van der Waals surface area contributed by atoms with Crippen molar-refractivity contribution in [2.75, 3.05) is 12.4 Å². The highest BCUT2D eigenvalue weighted by Crippen LogP contribution is 2.19. The lowest BCUT2D eigenvalue weighted by Gasteiger charge is -2.09. The van der Waals surface area contributed by atoms with Gasteiger partial charge in [0.2, 0.25) is 0 Å². The van der Waals surface area contributed by atoms with Crippen LogP contribution in [0.4, 0.5) is 5.69 Å². The molecule has 1 aromatic carbocycles. The molecule has 0 aromatic heterocycles. The number of carbonyl (C=O) groups is 1. The molecule has 0 aliphatic rings. The van der Waals surface area contributed by atoms with E-state index in [-0.39, 0.29) is 17.2 Å². The zero-order chi connectivity index (χ0) is 15.1. The predicted molar refractivity (Wildman–Crippen MR) is 72.1 cm³/mol. The summed E-state index contributed by atoms with van der Waals surface area (Å²) in [5.41, 5.74) is 1.35. The molecule has 6 heteroatoms. The molecule has 98 valence electrons. The lowest BCUT2D eigenvalue weighted by Crippen LogP contribution is -2.17. The van der Waals surface area contributed by atoms with E-state index >= 15 is 0 Å². The molecule has 0 heterocycles. The van der Waals surface area contributed by atoms with Crippen LogP contribution in [-0.2, 0) is 0 Å². The van der Waals surface area contributed by atoms with E-state index in [0.717, 1.165) is 0 Å². The normalized spacial score (nSPS) is 8.55. The topological polar surface area (TPSA) is 112 Å². The van der Waals surface area contributed by atoms with Crippen LogP contribution < -0.4 is 10.6 Å². The Morgan fingerprint density at radius 1 is 1.15 bits per heavy atom. The second-order valence-electron chi connectivity index (χ2n) is 3.82. The van der Waals surface area contributed by atoms with E-state index < -0.39 is 0 Å². The maximum Gasteiger partial charge on any atom is 0.251 e. The highest BCUT2D eigenvalue weighted by atomic mass is 16.1. The summed E-state index contributed by atoms with van der Waals surface area (Å²) in [7, 11) is 1.53. The van der Waals surface area contributed by atoms with Gasteiger partial charge in [0.05, 0.1) is 0 Å². The molecule has 0 unspecified atom stereocenters. The zero-order valence-corrected chi connectivity index (χ0v) is 11.0. The minimum absolute atomic E-state index is 0.120. The van der Waals surface area contributed by atoms with Crippen LogP contribution in [0.3, 0.4) is 0 Å². The quantitative estimate of drug-likeness (QED) is 0.806. The van der Waals surface area contributed by atoms with E-state index in [1.165, 1.54) is 7.05 Å². The molecule has 20 heavy (non-hydrogen) atoms. The molecule has 2 N–H and O–H groups in total. The monoisotopic (exact) mass is 265 g/mol. The van der Waals surface area contributed by atoms with Crippen molar-refractivity contribution in [2.24, 2.45) is 0 Å². The number of allylic oxidation sites excluding steroid dienone is 2. The molecule has 0 spiro atoms. The van der Waals surface area contributed by atoms with E-state index in [1.54, 1.807) is 43.3 Å². The fourth-order valence-corrected chi connectivity index (χ4v) is 1.51. The molecule has 1 aromatic rings. The number of aryl methyl sites for hydroxylation is 1. The number of nitrogens with zero attached hydrogens (tertiary/aromatic N) is 3. The van der Waals surface area contributed by atoms with Crippen LogP contribution in [-0.4, -0.2) is 13.0 Å². The van der Waals surface area contributed by atoms with Crippen molar-refractivity contribution >= 4 is 11.6 Å². The van der Waals surface area contributed by atoms with Crippen LogP contribution >= 0.6 is 0 Å². The number of hydrogen-bond donors (Lipinski definition) is 2. The number of benzene rings is 1. The first kappa shape index (κ1) is 14.8. The average Bonchev–Trinajstić information content (AvgIpc) is 2.47. The summed E-state index contributed by atoms with van der Waals surface area (Å²) in [5, 5.41) is 31.7. The van der Waals surface area contributed by atoms with E-state index in [2.05, 4.69) is 10.6 Å². The fourth-order valence-electron chi connectivity index (χ4n) is 1.51. The minimum Gasteiger partial charge on any atom is -0.355 e. The molecule has 0 radical (unpaired) electrons. The third-order valence-electron chi connectivity index (χ3n) is 2.56. The average molecular weight is 265 g/mol. The summed E-state index contributed by atoms with van der Waals surface area (Å²) >= 11 is 0. The Bertz CT molecular complexity index is 682. The maximum atomic E-state index is 11.5. The smallest absolute Gasteiger partial charge is 0.251 e. The van der Waals surface area contributed by atoms with Gasteiger partial charge in [0.25, 0.3) is 5.91 Å². The second-order valence-corrected chi connectivity index (χ2v) is 3.82. The first-order valence-corrected chi connectivity index (χ1v) is 5.61. The third kappa shape index (κ3) is 3.13. The van der Waals surface area contributed by atoms with Gasteiger partial charge in [0.15, 0.2) is 5.57 Å². The molecule has 0 atom stereocenters. The molecule has 0 saturated carbocycles. The molecule has 0 saturated heterocycles. The summed E-state index contributed by atoms with van der Waals surface area (Å²) in [6.07, 6.45) is 0. The number of carbonyl (C=O) groups excluding carboxylic acids is 1. The molecule has 0 aliphatic carbocycles. The SMILES string of the molecule is CNC(=O)c1ccc(NC(C#N)=C(C#N)C#N)c(C)c1. The highest BCUT2D eigenvalue weighted by molar-refractivity contribution is 5.94. The van der Waals surface area contributed by atoms with Gasteiger partial charge in [-0.15, -0.1) is 0 Å². The Kier molecular flexibility index (Phi) is 4.86. The minimum atomic E-state index is -0.290. The predicted octanol–water partition coefficient (Wildman–Crippen LogP) is 1.59. The van der Waals surface area contributed by atoms with Gasteiger partial charge < -0.3 is 10.6 Å². The molecular formula is C14H11N5O. The first-order valence-electron chi connectivity index (χ1n) is 5.61. The summed E-state index contributed by atoms with van der Waals surface area (Å²) in [4.78, 5) is 11.5. The number of nitrogens with one attached hydrogen (secondary N) is 2. The van der Waals surface area contributed by atoms with Gasteiger partial charge in [-0.25, -0.2) is 0 Å². The number of rotatable bonds is 3. The van der Waals surface area contributed by atoms with Gasteiger partial charge in [-0.2, -0.15) is 15.8 Å². The van der Waals surface area contributed by atoms with Crippen LogP contribution in [0.15, 0.2) is 29.5 Å². The van der Waals surface area contributed by atoms with Crippen molar-refractivity contribution in [1.29, 1.82) is 15.8 Å². The summed E-state index contributed by atoms with van der Waals surface area (Å²) in [6, 6.07) is 9.92. The molecular weight excluding hydrogens is 254 g/mol. The van der Waals surface area contributed by atoms with Gasteiger partial charge in [0.1, 0.15) is 23.9 Å². The largest absolute Gasteiger partial charge is 0.355 e. The van der Waals surface area contributed by atoms with Crippen molar-refractivity contribution in [1.82, 2.24) is 5.32 Å². The number of amides is 1. The summed E-state index contributed by atoms with van der Waals surface area (Å²) in [6.45, 7) is 1.75. The van der Waals surface area contributed by atoms with Gasteiger partial charge in [0, 0.05) is 18.3 Å². The van der Waals surface area contributed by atoms with Crippen molar-refractivity contribution in [2.45, 2.75) is 6.92 Å². The van der Waals surface area contributed by atoms with Gasteiger partial charge in [-0.05, 0) is 30.7 Å². The number of hydrogen-bond acceptors (Lipinski definition) is 5. The van der Waals surface area contributed by atoms with Crippen LogP contribution in [0.1, 0.15) is 15.9 Å². The van der Waals surface area contributed by atoms with E-state index in [9.17, 15) is 4.79 Å². The summed E-state index contributed by atoms with van der Waals surface area (Å²) in [5.74, 6) is -0.217. The van der Waals surface area contributed by atoms with Gasteiger partial charge in [-0.1, -0.05) is 0 Å². The first-order chi connectivity index (χ1) is 9.57. The summed E-state index contributed by atoms with van der Waals surface area (Å²) < 4.78 is 0. The van der Waals surface area contributed by atoms with Crippen LogP contribution in [0.25, 0.3) is 0 Å². The van der Waals surface area contributed by atoms with Crippen LogP contribution in [0.2, 0.25) is 0 Å². The Balaban J connectivity index is 3.16. The molecule has 1 rings (SSSR count). The Labute approximate surface area is 116 Å². The van der Waals surface area contributed by atoms with Crippen molar-refractivity contribution in [3.63, 3.8) is 0 Å². The Morgan fingerprint density at radius 2 is 1.80 bits per heavy atom. The van der Waals surface area contributed by atoms with Crippen LogP contribution in [0.5, 0.6) is 0 Å². The Morgan fingerprint density at radius 3 is 2.25 bits per heavy atom. The molecule has 6 nitrogen and oxygen atoms in total. The molecule has 0 fully saturated rings.